The van der Waals surface area contributed by atoms with Gasteiger partial charge in [0.2, 0.25) is 11.8 Å². The molecule has 0 spiro atoms. The van der Waals surface area contributed by atoms with Crippen molar-refractivity contribution in [3.63, 3.8) is 0 Å². The number of nitrogens with one attached hydrogen (secondary N) is 1. The Bertz CT molecular complexity index is 1490. The lowest BCUT2D eigenvalue weighted by Crippen LogP contribution is -2.54. The van der Waals surface area contributed by atoms with Crippen molar-refractivity contribution < 1.29 is 22.7 Å². The highest BCUT2D eigenvalue weighted by atomic mass is 32.2. The lowest BCUT2D eigenvalue weighted by molar-refractivity contribution is -0.140. The van der Waals surface area contributed by atoms with Crippen LogP contribution in [0.4, 0.5) is 5.69 Å². The number of nitrogens with zero attached hydrogens (tertiary/aromatic N) is 2. The molecule has 0 saturated heterocycles. The van der Waals surface area contributed by atoms with Crippen LogP contribution in [-0.4, -0.2) is 50.9 Å². The first-order chi connectivity index (χ1) is 20.6. The second-order valence-electron chi connectivity index (χ2n) is 11.3. The zero-order chi connectivity index (χ0) is 31.0. The minimum absolute atomic E-state index is 0.0613. The van der Waals surface area contributed by atoms with Gasteiger partial charge < -0.3 is 15.0 Å². The van der Waals surface area contributed by atoms with Crippen LogP contribution in [-0.2, 0) is 26.2 Å². The van der Waals surface area contributed by atoms with E-state index in [0.717, 1.165) is 53.1 Å². The number of hydrogen-bond donors (Lipinski definition) is 1. The summed E-state index contributed by atoms with van der Waals surface area (Å²) in [6.07, 6.45) is 5.53. The number of rotatable bonds is 12. The summed E-state index contributed by atoms with van der Waals surface area (Å²) >= 11 is 0. The molecule has 0 unspecified atom stereocenters. The number of anilines is 1. The fraction of sp³-hybridized carbons (Fsp3) is 0.412. The van der Waals surface area contributed by atoms with Crippen molar-refractivity contribution in [1.29, 1.82) is 0 Å². The third kappa shape index (κ3) is 7.96. The molecule has 0 radical (unpaired) electrons. The summed E-state index contributed by atoms with van der Waals surface area (Å²) in [5.41, 5.74) is 2.84. The molecule has 0 aromatic heterocycles. The molecule has 0 aliphatic heterocycles. The second-order valence-corrected chi connectivity index (χ2v) is 13.1. The molecule has 0 heterocycles. The van der Waals surface area contributed by atoms with Crippen molar-refractivity contribution in [3.05, 3.63) is 89.5 Å². The third-order valence-electron chi connectivity index (χ3n) is 8.02. The Morgan fingerprint density at radius 3 is 2.21 bits per heavy atom. The van der Waals surface area contributed by atoms with E-state index in [0.29, 0.717) is 12.2 Å². The van der Waals surface area contributed by atoms with Gasteiger partial charge in [0.05, 0.1) is 17.7 Å². The van der Waals surface area contributed by atoms with Gasteiger partial charge in [-0.15, -0.1) is 0 Å². The van der Waals surface area contributed by atoms with Gasteiger partial charge in [-0.2, -0.15) is 0 Å². The standard InChI is InChI=1S/C34H43N3O5S/c1-5-30(34(39)35-28-14-10-7-11-15-28)36(23-27-12-8-6-9-13-27)33(38)24-37(31-22-26(3)18-21-32(31)42-4)43(40,41)29-19-16-25(2)17-20-29/h6,8-9,12-13,16-22,28,30H,5,7,10-11,14-15,23-24H2,1-4H3,(H,35,39)/t30-/m1/s1. The lowest BCUT2D eigenvalue weighted by Gasteiger charge is -2.34. The van der Waals surface area contributed by atoms with E-state index in [1.807, 2.05) is 57.2 Å². The molecular weight excluding hydrogens is 562 g/mol. The smallest absolute Gasteiger partial charge is 0.264 e. The Morgan fingerprint density at radius 1 is 0.930 bits per heavy atom. The summed E-state index contributed by atoms with van der Waals surface area (Å²) in [6.45, 7) is 5.27. The molecule has 2 amide bonds. The number of carbonyl (C=O) groups excluding carboxylic acids is 2. The van der Waals surface area contributed by atoms with Crippen LogP contribution in [0, 0.1) is 13.8 Å². The minimum atomic E-state index is -4.19. The quantitative estimate of drug-likeness (QED) is 0.283. The maximum Gasteiger partial charge on any atom is 0.264 e. The fourth-order valence-corrected chi connectivity index (χ4v) is 7.01. The summed E-state index contributed by atoms with van der Waals surface area (Å²) in [5.74, 6) is -0.362. The molecule has 1 N–H and O–H groups in total. The van der Waals surface area contributed by atoms with Crippen LogP contribution < -0.4 is 14.4 Å². The molecule has 1 saturated carbocycles. The van der Waals surface area contributed by atoms with E-state index in [1.165, 1.54) is 12.0 Å². The molecule has 1 atom stereocenters. The van der Waals surface area contributed by atoms with Gasteiger partial charge in [-0.05, 0) is 68.5 Å². The molecule has 230 valence electrons. The van der Waals surface area contributed by atoms with Crippen LogP contribution in [0.25, 0.3) is 0 Å². The SMILES string of the molecule is CC[C@H](C(=O)NC1CCCCC1)N(Cc1ccccc1)C(=O)CN(c1cc(C)ccc1OC)S(=O)(=O)c1ccc(C)cc1. The predicted octanol–water partition coefficient (Wildman–Crippen LogP) is 5.76. The summed E-state index contributed by atoms with van der Waals surface area (Å²) in [5, 5.41) is 3.18. The number of methoxy groups -OCH3 is 1. The van der Waals surface area contributed by atoms with Crippen molar-refractivity contribution in [2.24, 2.45) is 0 Å². The van der Waals surface area contributed by atoms with Gasteiger partial charge >= 0.3 is 0 Å². The Kier molecular flexibility index (Phi) is 10.9. The summed E-state index contributed by atoms with van der Waals surface area (Å²) in [7, 11) is -2.72. The average molecular weight is 606 g/mol. The van der Waals surface area contributed by atoms with Gasteiger partial charge in [0.15, 0.2) is 0 Å². The predicted molar refractivity (Wildman–Crippen MR) is 170 cm³/mol. The average Bonchev–Trinajstić information content (AvgIpc) is 3.00. The monoisotopic (exact) mass is 605 g/mol. The maximum atomic E-state index is 14.3. The molecule has 1 aliphatic carbocycles. The van der Waals surface area contributed by atoms with Gasteiger partial charge in [0.25, 0.3) is 10.0 Å². The van der Waals surface area contributed by atoms with Gasteiger partial charge in [-0.1, -0.05) is 80.3 Å². The van der Waals surface area contributed by atoms with Gasteiger partial charge in [0, 0.05) is 12.6 Å². The fourth-order valence-electron chi connectivity index (χ4n) is 5.59. The van der Waals surface area contributed by atoms with Gasteiger partial charge in [0.1, 0.15) is 18.3 Å². The summed E-state index contributed by atoms with van der Waals surface area (Å²) in [4.78, 5) is 29.6. The van der Waals surface area contributed by atoms with Crippen LogP contribution >= 0.6 is 0 Å². The third-order valence-corrected chi connectivity index (χ3v) is 9.80. The zero-order valence-electron chi connectivity index (χ0n) is 25.6. The first kappa shape index (κ1) is 32.1. The molecule has 8 nitrogen and oxygen atoms in total. The van der Waals surface area contributed by atoms with Crippen molar-refractivity contribution in [2.75, 3.05) is 18.0 Å². The number of benzene rings is 3. The Hall–Kier alpha value is -3.85. The summed E-state index contributed by atoms with van der Waals surface area (Å²) in [6, 6.07) is 20.5. The number of carbonyl (C=O) groups is 2. The Labute approximate surface area is 256 Å². The first-order valence-corrected chi connectivity index (χ1v) is 16.5. The molecule has 43 heavy (non-hydrogen) atoms. The highest BCUT2D eigenvalue weighted by Gasteiger charge is 2.35. The Morgan fingerprint density at radius 2 is 1.58 bits per heavy atom. The molecule has 1 aliphatic rings. The van der Waals surface area contributed by atoms with Crippen LogP contribution in [0.2, 0.25) is 0 Å². The summed E-state index contributed by atoms with van der Waals surface area (Å²) < 4.78 is 35.1. The Balaban J connectivity index is 1.74. The maximum absolute atomic E-state index is 14.3. The number of ether oxygens (including phenoxy) is 1. The topological polar surface area (TPSA) is 96.0 Å². The van der Waals surface area contributed by atoms with E-state index < -0.39 is 28.5 Å². The number of hydrogen-bond acceptors (Lipinski definition) is 5. The molecule has 4 rings (SSSR count). The molecule has 0 bridgehead atoms. The normalized spacial score (nSPS) is 14.5. The second kappa shape index (κ2) is 14.6. The van der Waals surface area contributed by atoms with E-state index in [4.69, 9.17) is 4.74 Å². The van der Waals surface area contributed by atoms with Gasteiger partial charge in [-0.25, -0.2) is 8.42 Å². The van der Waals surface area contributed by atoms with Crippen LogP contribution in [0.3, 0.4) is 0 Å². The highest BCUT2D eigenvalue weighted by Crippen LogP contribution is 2.34. The number of sulfonamides is 1. The molecule has 1 fully saturated rings. The van der Waals surface area contributed by atoms with Crippen molar-refractivity contribution in [2.45, 2.75) is 82.8 Å². The molecule has 9 heteroatoms. The van der Waals surface area contributed by atoms with Gasteiger partial charge in [-0.3, -0.25) is 13.9 Å². The highest BCUT2D eigenvalue weighted by molar-refractivity contribution is 7.92. The van der Waals surface area contributed by atoms with Crippen LogP contribution in [0.1, 0.15) is 62.1 Å². The van der Waals surface area contributed by atoms with Crippen LogP contribution in [0.5, 0.6) is 5.75 Å². The zero-order valence-corrected chi connectivity index (χ0v) is 26.4. The van der Waals surface area contributed by atoms with E-state index in [-0.39, 0.29) is 29.1 Å². The lowest BCUT2D eigenvalue weighted by atomic mass is 9.95. The van der Waals surface area contributed by atoms with E-state index >= 15 is 0 Å². The number of amides is 2. The van der Waals surface area contributed by atoms with Crippen molar-refractivity contribution in [1.82, 2.24) is 10.2 Å². The van der Waals surface area contributed by atoms with E-state index in [9.17, 15) is 18.0 Å². The minimum Gasteiger partial charge on any atom is -0.495 e. The molecular formula is C34H43N3O5S. The van der Waals surface area contributed by atoms with Crippen molar-refractivity contribution in [3.8, 4) is 5.75 Å². The first-order valence-electron chi connectivity index (χ1n) is 15.0. The number of aryl methyl sites for hydroxylation is 2. The largest absolute Gasteiger partial charge is 0.495 e. The van der Waals surface area contributed by atoms with Crippen LogP contribution in [0.15, 0.2) is 77.7 Å². The molecule has 3 aromatic rings. The van der Waals surface area contributed by atoms with E-state index in [2.05, 4.69) is 5.32 Å². The molecule has 3 aromatic carbocycles. The van der Waals surface area contributed by atoms with Crippen molar-refractivity contribution >= 4 is 27.5 Å². The van der Waals surface area contributed by atoms with E-state index in [1.54, 1.807) is 36.4 Å².